The maximum Gasteiger partial charge on any atom is 0.322 e. The summed E-state index contributed by atoms with van der Waals surface area (Å²) in [5, 5.41) is 3.13. The fourth-order valence-corrected chi connectivity index (χ4v) is 5.46. The van der Waals surface area contributed by atoms with Crippen molar-refractivity contribution in [2.75, 3.05) is 30.4 Å². The topological polar surface area (TPSA) is 97.0 Å². The Morgan fingerprint density at radius 3 is 2.53 bits per heavy atom. The zero-order valence-corrected chi connectivity index (χ0v) is 19.2. The minimum absolute atomic E-state index is 0.106. The molecule has 0 atom stereocenters. The molecule has 1 heterocycles. The highest BCUT2D eigenvalue weighted by atomic mass is 32.2. The molecule has 0 radical (unpaired) electrons. The molecule has 0 aromatic heterocycles. The van der Waals surface area contributed by atoms with Gasteiger partial charge in [-0.1, -0.05) is 19.3 Å². The Morgan fingerprint density at radius 1 is 1.03 bits per heavy atom. The Balaban J connectivity index is 1.52. The molecule has 0 saturated heterocycles. The number of ether oxygens (including phenoxy) is 2. The Kier molecular flexibility index (Phi) is 6.45. The lowest BCUT2D eigenvalue weighted by atomic mass is 9.96. The van der Waals surface area contributed by atoms with Gasteiger partial charge < -0.3 is 14.8 Å². The van der Waals surface area contributed by atoms with Crippen LogP contribution >= 0.6 is 0 Å². The van der Waals surface area contributed by atoms with Crippen LogP contribution in [0, 0.1) is 0 Å². The molecule has 32 heavy (non-hydrogen) atoms. The number of hydrogen-bond donors (Lipinski definition) is 2. The molecule has 0 unspecified atom stereocenters. The van der Waals surface area contributed by atoms with E-state index in [4.69, 9.17) is 9.47 Å². The monoisotopic (exact) mass is 459 g/mol. The number of methoxy groups -OCH3 is 2. The van der Waals surface area contributed by atoms with E-state index in [2.05, 4.69) is 10.0 Å². The van der Waals surface area contributed by atoms with Gasteiger partial charge in [-0.3, -0.25) is 9.62 Å². The van der Waals surface area contributed by atoms with Gasteiger partial charge in [0, 0.05) is 24.3 Å². The number of hydrogen-bond acceptors (Lipinski definition) is 5. The predicted molar refractivity (Wildman–Crippen MR) is 123 cm³/mol. The van der Waals surface area contributed by atoms with Crippen molar-refractivity contribution in [1.82, 2.24) is 5.32 Å². The van der Waals surface area contributed by atoms with Gasteiger partial charge in [-0.15, -0.1) is 0 Å². The van der Waals surface area contributed by atoms with Gasteiger partial charge in [0.25, 0.3) is 10.0 Å². The van der Waals surface area contributed by atoms with Crippen LogP contribution in [0.3, 0.4) is 0 Å². The summed E-state index contributed by atoms with van der Waals surface area (Å²) in [6.07, 6.45) is 6.17. The molecule has 1 fully saturated rings. The minimum Gasteiger partial charge on any atom is -0.497 e. The Morgan fingerprint density at radius 2 is 1.81 bits per heavy atom. The third-order valence-electron chi connectivity index (χ3n) is 6.09. The standard InChI is InChI=1S/C23H29N3O5S/c1-30-18-8-11-22(31-2)20(15-18)25-32(28,29)19-9-10-21-16(14-19)12-13-26(21)23(27)24-17-6-4-3-5-7-17/h8-11,14-15,17,25H,3-7,12-13H2,1-2H3,(H,24,27). The normalized spacial score (nSPS) is 16.4. The number of nitrogens with zero attached hydrogens (tertiary/aromatic N) is 1. The first-order valence-electron chi connectivity index (χ1n) is 10.9. The highest BCUT2D eigenvalue weighted by molar-refractivity contribution is 7.92. The number of nitrogens with one attached hydrogen (secondary N) is 2. The molecule has 8 nitrogen and oxygen atoms in total. The lowest BCUT2D eigenvalue weighted by molar-refractivity contribution is 0.238. The number of urea groups is 1. The lowest BCUT2D eigenvalue weighted by Gasteiger charge is -2.26. The van der Waals surface area contributed by atoms with E-state index in [-0.39, 0.29) is 17.0 Å². The largest absolute Gasteiger partial charge is 0.497 e. The Labute approximate surface area is 189 Å². The van der Waals surface area contributed by atoms with Gasteiger partial charge in [-0.05, 0) is 55.2 Å². The van der Waals surface area contributed by atoms with Gasteiger partial charge in [0.2, 0.25) is 0 Å². The molecule has 1 aliphatic heterocycles. The SMILES string of the molecule is COc1ccc(OC)c(NS(=O)(=O)c2ccc3c(c2)CCN3C(=O)NC2CCCCC2)c1. The summed E-state index contributed by atoms with van der Waals surface area (Å²) < 4.78 is 39.1. The number of benzene rings is 2. The molecule has 2 N–H and O–H groups in total. The second kappa shape index (κ2) is 9.28. The van der Waals surface area contributed by atoms with Crippen LogP contribution in [0.1, 0.15) is 37.7 Å². The fourth-order valence-electron chi connectivity index (χ4n) is 4.35. The molecular formula is C23H29N3O5S. The molecule has 1 aliphatic carbocycles. The first-order valence-corrected chi connectivity index (χ1v) is 12.4. The van der Waals surface area contributed by atoms with Crippen LogP contribution in [0.15, 0.2) is 41.3 Å². The van der Waals surface area contributed by atoms with Crippen LogP contribution in [0.25, 0.3) is 0 Å². The molecular weight excluding hydrogens is 430 g/mol. The van der Waals surface area contributed by atoms with E-state index in [1.54, 1.807) is 35.2 Å². The van der Waals surface area contributed by atoms with E-state index in [1.165, 1.54) is 26.7 Å². The van der Waals surface area contributed by atoms with E-state index in [9.17, 15) is 13.2 Å². The first kappa shape index (κ1) is 22.3. The lowest BCUT2D eigenvalue weighted by Crippen LogP contribution is -2.45. The maximum atomic E-state index is 13.0. The van der Waals surface area contributed by atoms with E-state index in [0.29, 0.717) is 30.2 Å². The summed E-state index contributed by atoms with van der Waals surface area (Å²) in [6.45, 7) is 0.536. The smallest absolute Gasteiger partial charge is 0.322 e. The van der Waals surface area contributed by atoms with Crippen LogP contribution in [0.5, 0.6) is 11.5 Å². The number of fused-ring (bicyclic) bond motifs is 1. The summed E-state index contributed by atoms with van der Waals surface area (Å²) in [5.74, 6) is 0.901. The summed E-state index contributed by atoms with van der Waals surface area (Å²) in [4.78, 5) is 14.6. The number of anilines is 2. The van der Waals surface area contributed by atoms with Crippen LogP contribution in [-0.4, -0.2) is 41.3 Å². The summed E-state index contributed by atoms with van der Waals surface area (Å²) in [5.41, 5.74) is 1.89. The molecule has 0 spiro atoms. The third kappa shape index (κ3) is 4.62. The van der Waals surface area contributed by atoms with Crippen LogP contribution < -0.4 is 24.4 Å². The van der Waals surface area contributed by atoms with Crippen molar-refractivity contribution in [2.24, 2.45) is 0 Å². The van der Waals surface area contributed by atoms with Crippen molar-refractivity contribution >= 4 is 27.4 Å². The quantitative estimate of drug-likeness (QED) is 0.683. The Bertz CT molecular complexity index is 1100. The number of sulfonamides is 1. The molecule has 2 amide bonds. The van der Waals surface area contributed by atoms with Crippen molar-refractivity contribution in [3.05, 3.63) is 42.0 Å². The van der Waals surface area contributed by atoms with Gasteiger partial charge in [-0.25, -0.2) is 13.2 Å². The summed E-state index contributed by atoms with van der Waals surface area (Å²) in [7, 11) is -0.873. The molecule has 2 aromatic rings. The van der Waals surface area contributed by atoms with Crippen molar-refractivity contribution in [2.45, 2.75) is 49.5 Å². The minimum atomic E-state index is -3.86. The second-order valence-corrected chi connectivity index (χ2v) is 9.83. The molecule has 4 rings (SSSR count). The average Bonchev–Trinajstić information content (AvgIpc) is 3.23. The fraction of sp³-hybridized carbons (Fsp3) is 0.435. The Hall–Kier alpha value is -2.94. The molecule has 9 heteroatoms. The third-order valence-corrected chi connectivity index (χ3v) is 7.45. The van der Waals surface area contributed by atoms with Gasteiger partial charge in [0.05, 0.1) is 24.8 Å². The van der Waals surface area contributed by atoms with Gasteiger partial charge in [0.15, 0.2) is 0 Å². The zero-order chi connectivity index (χ0) is 22.7. The van der Waals surface area contributed by atoms with E-state index in [0.717, 1.165) is 36.9 Å². The number of rotatable bonds is 6. The zero-order valence-electron chi connectivity index (χ0n) is 18.4. The van der Waals surface area contributed by atoms with Gasteiger partial charge in [0.1, 0.15) is 11.5 Å². The molecule has 2 aromatic carbocycles. The number of amides is 2. The molecule has 1 saturated carbocycles. The number of carbonyl (C=O) groups is 1. The maximum absolute atomic E-state index is 13.0. The van der Waals surface area contributed by atoms with Crippen molar-refractivity contribution < 1.29 is 22.7 Å². The van der Waals surface area contributed by atoms with Gasteiger partial charge >= 0.3 is 6.03 Å². The van der Waals surface area contributed by atoms with Crippen molar-refractivity contribution in [3.63, 3.8) is 0 Å². The first-order chi connectivity index (χ1) is 15.4. The highest BCUT2D eigenvalue weighted by Crippen LogP contribution is 2.34. The van der Waals surface area contributed by atoms with Crippen LogP contribution in [-0.2, 0) is 16.4 Å². The molecule has 0 bridgehead atoms. The van der Waals surface area contributed by atoms with Crippen molar-refractivity contribution in [3.8, 4) is 11.5 Å². The summed E-state index contributed by atoms with van der Waals surface area (Å²) >= 11 is 0. The highest BCUT2D eigenvalue weighted by Gasteiger charge is 2.28. The molecule has 2 aliphatic rings. The summed E-state index contributed by atoms with van der Waals surface area (Å²) in [6, 6.07) is 9.90. The second-order valence-electron chi connectivity index (χ2n) is 8.15. The van der Waals surface area contributed by atoms with Gasteiger partial charge in [-0.2, -0.15) is 0 Å². The molecule has 172 valence electrons. The number of carbonyl (C=O) groups excluding carboxylic acids is 1. The van der Waals surface area contributed by atoms with E-state index >= 15 is 0 Å². The predicted octanol–water partition coefficient (Wildman–Crippen LogP) is 3.91. The van der Waals surface area contributed by atoms with E-state index in [1.807, 2.05) is 0 Å². The van der Waals surface area contributed by atoms with E-state index < -0.39 is 10.0 Å². The van der Waals surface area contributed by atoms with Crippen LogP contribution in [0.2, 0.25) is 0 Å². The van der Waals surface area contributed by atoms with Crippen molar-refractivity contribution in [1.29, 1.82) is 0 Å². The average molecular weight is 460 g/mol. The van der Waals surface area contributed by atoms with Crippen LogP contribution in [0.4, 0.5) is 16.2 Å².